The largest absolute Gasteiger partial charge is 0.458 e. The molecular formula is C82H56N4O2. The van der Waals surface area contributed by atoms with Gasteiger partial charge in [-0.1, -0.05) is 203 Å². The van der Waals surface area contributed by atoms with Gasteiger partial charge in [-0.25, -0.2) is 4.98 Å². The average molecular weight is 1140 g/mol. The third-order valence-corrected chi connectivity index (χ3v) is 16.8. The van der Waals surface area contributed by atoms with Crippen LogP contribution in [0.4, 0.5) is 0 Å². The Balaban J connectivity index is 0.909. The highest BCUT2D eigenvalue weighted by atomic mass is 16.5. The van der Waals surface area contributed by atoms with E-state index in [4.69, 9.17) is 22.4 Å². The lowest BCUT2D eigenvalue weighted by molar-refractivity contribution is -0.570. The zero-order valence-corrected chi connectivity index (χ0v) is 47.7. The van der Waals surface area contributed by atoms with Gasteiger partial charge in [0.15, 0.2) is 0 Å². The summed E-state index contributed by atoms with van der Waals surface area (Å²) in [5.41, 5.74) is 11.5. The number of hydrogen-bond donors (Lipinski definition) is 0. The Kier molecular flexibility index (Phi) is 9.00. The molecule has 0 radical (unpaired) electrons. The van der Waals surface area contributed by atoms with Gasteiger partial charge in [-0.15, -0.1) is 0 Å². The third kappa shape index (κ3) is 8.47. The Morgan fingerprint density at radius 3 is 1.85 bits per heavy atom. The summed E-state index contributed by atoms with van der Waals surface area (Å²) in [4.78, 5) is 4.91. The van der Waals surface area contributed by atoms with E-state index in [-0.39, 0.29) is 16.5 Å². The molecule has 0 atom stereocenters. The molecule has 416 valence electrons. The Labute approximate surface area is 528 Å². The maximum absolute atomic E-state index is 10.2. The van der Waals surface area contributed by atoms with Crippen molar-refractivity contribution in [2.75, 3.05) is 0 Å². The van der Waals surface area contributed by atoms with Gasteiger partial charge in [0, 0.05) is 33.8 Å². The predicted molar refractivity (Wildman–Crippen MR) is 360 cm³/mol. The second-order valence-corrected chi connectivity index (χ2v) is 23.0. The highest BCUT2D eigenvalue weighted by Gasteiger charge is 2.28. The van der Waals surface area contributed by atoms with Crippen LogP contribution in [0.25, 0.3) is 150 Å². The lowest BCUT2D eigenvalue weighted by Crippen LogP contribution is -2.32. The van der Waals surface area contributed by atoms with E-state index in [1.54, 1.807) is 6.07 Å². The Morgan fingerprint density at radius 2 is 1.06 bits per heavy atom. The molecule has 6 heteroatoms. The van der Waals surface area contributed by atoms with Gasteiger partial charge >= 0.3 is 0 Å². The monoisotopic (exact) mass is 1140 g/mol. The van der Waals surface area contributed by atoms with Gasteiger partial charge in [0.2, 0.25) is 0 Å². The molecule has 5 heterocycles. The first kappa shape index (κ1) is 39.3. The highest BCUT2D eigenvalue weighted by molar-refractivity contribution is 6.10. The number of imidazole rings is 1. The standard InChI is InChI=1S/C82H56N4O2/c1-82(2,3)59-41-42-83-79(48-59)86-74-32-14-12-27-67(74)68-39-37-62(50-76(68)86)87-61-24-16-23-60(49-61)84-51-85-80-63(55-36-40-78-73(47-55)69-28-13-15-34-77(69)88-78)29-17-30-71(80)72-46-54(35-38-66(72)64-25-10-11-26-65(64)70-31-18-33-75(84)81(70)85)58-44-56(52-19-6-4-7-20-52)43-57(45-58)53-21-8-5-9-22-53/h4-50H,1-3H3/i4D,5D,6D,7D,8D,9D,19D,20D,21D,22D,43D,44D,45D. The van der Waals surface area contributed by atoms with E-state index in [0.29, 0.717) is 33.9 Å². The fourth-order valence-electron chi connectivity index (χ4n) is 12.7. The molecule has 6 nitrogen and oxygen atoms in total. The Morgan fingerprint density at radius 1 is 0.443 bits per heavy atom. The minimum absolute atomic E-state index is 0.111. The molecule has 0 unspecified atom stereocenters. The second kappa shape index (κ2) is 20.2. The molecule has 88 heavy (non-hydrogen) atoms. The molecule has 12 aromatic carbocycles. The number of rotatable bonds is 8. The van der Waals surface area contributed by atoms with Crippen molar-refractivity contribution in [3.63, 3.8) is 0 Å². The molecule has 0 bridgehead atoms. The average Bonchev–Trinajstić information content (AvgIpc) is 1.72. The molecule has 0 spiro atoms. The summed E-state index contributed by atoms with van der Waals surface area (Å²) in [6.07, 6.45) is 5.75. The van der Waals surface area contributed by atoms with Crippen LogP contribution < -0.4 is 9.30 Å². The van der Waals surface area contributed by atoms with Gasteiger partial charge in [-0.3, -0.25) is 13.7 Å². The Bertz CT molecular complexity index is 6150. The zero-order valence-electron chi connectivity index (χ0n) is 60.7. The Hall–Kier alpha value is -11.3. The topological polar surface area (TPSA) is 49.0 Å². The maximum atomic E-state index is 10.2. The van der Waals surface area contributed by atoms with Crippen LogP contribution in [0, 0.1) is 6.33 Å². The number of hydrogen-bond acceptors (Lipinski definition) is 3. The van der Waals surface area contributed by atoms with Gasteiger partial charge in [-0.05, 0) is 180 Å². The van der Waals surface area contributed by atoms with Gasteiger partial charge in [-0.2, -0.15) is 0 Å². The molecular weight excluding hydrogens is 1070 g/mol. The minimum atomic E-state index is -0.742. The fraction of sp³-hybridized carbons (Fsp3) is 0.0488. The molecule has 17 rings (SSSR count). The van der Waals surface area contributed by atoms with E-state index in [1.807, 2.05) is 138 Å². The summed E-state index contributed by atoms with van der Waals surface area (Å²) < 4.78 is 139. The predicted octanol–water partition coefficient (Wildman–Crippen LogP) is 21.2. The van der Waals surface area contributed by atoms with Crippen LogP contribution in [0.5, 0.6) is 11.5 Å². The van der Waals surface area contributed by atoms with Crippen LogP contribution in [-0.2, 0) is 5.41 Å². The van der Waals surface area contributed by atoms with Crippen molar-refractivity contribution in [2.24, 2.45) is 0 Å². The number of ether oxygens (including phenoxy) is 1. The first-order valence-corrected chi connectivity index (χ1v) is 29.0. The smallest absolute Gasteiger partial charge is 0.269 e. The molecule has 1 aliphatic heterocycles. The van der Waals surface area contributed by atoms with E-state index in [9.17, 15) is 9.60 Å². The lowest BCUT2D eigenvalue weighted by atomic mass is 9.85. The summed E-state index contributed by atoms with van der Waals surface area (Å²) in [6.45, 7) is 6.58. The summed E-state index contributed by atoms with van der Waals surface area (Å²) in [7, 11) is 0. The van der Waals surface area contributed by atoms with E-state index < -0.39 is 101 Å². The molecule has 1 aliphatic rings. The first-order valence-electron chi connectivity index (χ1n) is 35.5. The van der Waals surface area contributed by atoms with Gasteiger partial charge in [0.1, 0.15) is 28.5 Å². The molecule has 0 amide bonds. The zero-order chi connectivity index (χ0) is 69.9. The maximum Gasteiger partial charge on any atom is 0.269 e. The normalized spacial score (nSPS) is 14.1. The third-order valence-electron chi connectivity index (χ3n) is 16.8. The SMILES string of the molecule is [2H]c1c([2H])c([2H])c(-c2c([2H])c(-c3ccc4c(c3)-c3cccc(-c5ccc6oc7ccccc7c6c5)c3-[n+]3[c-]n(-c5cccc(Oc6ccc7c8ccccc8n(-c8cc(C(C)(C)C)ccn8)c7c6)c5)c5cccc(c53)-c3ccccc3-4)c([2H])c(-c3c([2H])c([2H])c([2H])c([2H])c3[2H])c2[2H])c([2H])c1[2H]. The number of para-hydroxylation sites is 4. The van der Waals surface area contributed by atoms with Crippen molar-refractivity contribution in [3.8, 4) is 107 Å². The number of fused-ring (bicyclic) bond motifs is 13. The van der Waals surface area contributed by atoms with E-state index in [2.05, 4.69) is 103 Å². The van der Waals surface area contributed by atoms with E-state index in [1.165, 1.54) is 0 Å². The van der Waals surface area contributed by atoms with Crippen molar-refractivity contribution in [1.29, 1.82) is 0 Å². The highest BCUT2D eigenvalue weighted by Crippen LogP contribution is 2.48. The van der Waals surface area contributed by atoms with Crippen LogP contribution in [0.1, 0.15) is 44.2 Å². The summed E-state index contributed by atoms with van der Waals surface area (Å²) in [5.74, 6) is 1.98. The summed E-state index contributed by atoms with van der Waals surface area (Å²) in [6, 6.07) is 57.1. The molecule has 0 aliphatic carbocycles. The summed E-state index contributed by atoms with van der Waals surface area (Å²) in [5, 5.41) is 3.96. The van der Waals surface area contributed by atoms with E-state index >= 15 is 0 Å². The van der Waals surface area contributed by atoms with Crippen molar-refractivity contribution in [3.05, 3.63) is 297 Å². The van der Waals surface area contributed by atoms with Crippen molar-refractivity contribution in [1.82, 2.24) is 14.1 Å². The first-order chi connectivity index (χ1) is 48.7. The second-order valence-electron chi connectivity index (χ2n) is 23.0. The molecule has 0 saturated heterocycles. The molecule has 0 fully saturated rings. The quantitative estimate of drug-likeness (QED) is 0.113. The van der Waals surface area contributed by atoms with Crippen LogP contribution in [0.2, 0.25) is 0 Å². The fourth-order valence-corrected chi connectivity index (χ4v) is 12.7. The van der Waals surface area contributed by atoms with Gasteiger partial charge < -0.3 is 9.15 Å². The van der Waals surface area contributed by atoms with Crippen molar-refractivity contribution >= 4 is 54.8 Å². The minimum Gasteiger partial charge on any atom is -0.458 e. The van der Waals surface area contributed by atoms with Gasteiger partial charge in [0.25, 0.3) is 6.33 Å². The number of benzene rings is 12. The number of nitrogens with zero attached hydrogens (tertiary/aromatic N) is 4. The number of pyridine rings is 1. The van der Waals surface area contributed by atoms with Crippen LogP contribution >= 0.6 is 0 Å². The van der Waals surface area contributed by atoms with Crippen LogP contribution in [0.3, 0.4) is 0 Å². The van der Waals surface area contributed by atoms with Crippen molar-refractivity contribution in [2.45, 2.75) is 26.2 Å². The molecule has 0 N–H and O–H groups in total. The lowest BCUT2D eigenvalue weighted by Gasteiger charge is -2.20. The number of furan rings is 1. The van der Waals surface area contributed by atoms with Crippen LogP contribution in [0.15, 0.2) is 289 Å². The number of aromatic nitrogens is 4. The molecule has 16 aromatic rings. The molecule has 4 aromatic heterocycles. The molecule has 0 saturated carbocycles. The van der Waals surface area contributed by atoms with E-state index in [0.717, 1.165) is 99.6 Å². The van der Waals surface area contributed by atoms with Crippen LogP contribution in [-0.4, -0.2) is 14.1 Å². The summed E-state index contributed by atoms with van der Waals surface area (Å²) >= 11 is 0. The van der Waals surface area contributed by atoms with Gasteiger partial charge in [0.05, 0.1) is 51.3 Å². The van der Waals surface area contributed by atoms with Crippen molar-refractivity contribution < 1.29 is 31.5 Å².